The van der Waals surface area contributed by atoms with Crippen LogP contribution in [-0.4, -0.2) is 8.07 Å². The van der Waals surface area contributed by atoms with E-state index in [9.17, 15) is 0 Å². The molecule has 0 amide bonds. The van der Waals surface area contributed by atoms with E-state index in [0.29, 0.717) is 0 Å². The molecule has 6 aromatic rings. The fourth-order valence-corrected chi connectivity index (χ4v) is 10.6. The van der Waals surface area contributed by atoms with E-state index in [0.717, 1.165) is 0 Å². The summed E-state index contributed by atoms with van der Waals surface area (Å²) in [7, 11) is -2.10. The quantitative estimate of drug-likeness (QED) is 0.143. The summed E-state index contributed by atoms with van der Waals surface area (Å²) < 4.78 is 0. The summed E-state index contributed by atoms with van der Waals surface area (Å²) >= 11 is 0. The fraction of sp³-hybridized carbons (Fsp3) is 0.111. The maximum atomic E-state index is 2.56. The van der Waals surface area contributed by atoms with Crippen LogP contribution in [0.5, 0.6) is 0 Å². The van der Waals surface area contributed by atoms with Gasteiger partial charge >= 0.3 is 26.2 Å². The molecular formula is C36H36SiZr. The Hall–Kier alpha value is -2.80. The summed E-state index contributed by atoms with van der Waals surface area (Å²) in [6.07, 6.45) is 0. The first-order valence-corrected chi connectivity index (χ1v) is 15.5. The SMILES string of the molecule is Cc1[cH-]c2cccc(-c3ccccc3)c2c1[Si](C)(C)c1c(C)[cH-]c2cccc(-c3ccccc3)c12.[CH3-].[CH3-].[Zr+4]. The zero-order valence-electron chi connectivity index (χ0n) is 23.4. The Bertz CT molecular complexity index is 1540. The van der Waals surface area contributed by atoms with E-state index in [4.69, 9.17) is 0 Å². The predicted molar refractivity (Wildman–Crippen MR) is 169 cm³/mol. The molecule has 0 spiro atoms. The second-order valence-corrected chi connectivity index (χ2v) is 14.6. The van der Waals surface area contributed by atoms with Crippen molar-refractivity contribution in [3.8, 4) is 22.3 Å². The molecule has 0 N–H and O–H groups in total. The van der Waals surface area contributed by atoms with Crippen molar-refractivity contribution < 1.29 is 26.2 Å². The van der Waals surface area contributed by atoms with Gasteiger partial charge < -0.3 is 14.9 Å². The van der Waals surface area contributed by atoms with Gasteiger partial charge in [0.05, 0.1) is 0 Å². The summed E-state index contributed by atoms with van der Waals surface area (Å²) in [5, 5.41) is 8.75. The molecule has 0 aliphatic heterocycles. The van der Waals surface area contributed by atoms with Gasteiger partial charge in [0, 0.05) is 8.07 Å². The summed E-state index contributed by atoms with van der Waals surface area (Å²) in [5.74, 6) is 0. The van der Waals surface area contributed by atoms with Crippen LogP contribution in [0.3, 0.4) is 0 Å². The van der Waals surface area contributed by atoms with Crippen LogP contribution in [0, 0.1) is 28.7 Å². The Morgan fingerprint density at radius 1 is 0.500 bits per heavy atom. The molecule has 6 aromatic carbocycles. The van der Waals surface area contributed by atoms with Gasteiger partial charge in [0.15, 0.2) is 0 Å². The molecule has 0 saturated heterocycles. The molecule has 0 fully saturated rings. The fourth-order valence-electron chi connectivity index (χ4n) is 6.40. The van der Waals surface area contributed by atoms with Crippen molar-refractivity contribution in [3.05, 3.63) is 135 Å². The van der Waals surface area contributed by atoms with E-state index >= 15 is 0 Å². The second kappa shape index (κ2) is 11.5. The molecule has 38 heavy (non-hydrogen) atoms. The minimum atomic E-state index is -2.10. The second-order valence-electron chi connectivity index (χ2n) is 10.3. The van der Waals surface area contributed by atoms with Crippen molar-refractivity contribution in [1.29, 1.82) is 0 Å². The van der Waals surface area contributed by atoms with Crippen LogP contribution < -0.4 is 10.4 Å². The van der Waals surface area contributed by atoms with Gasteiger partial charge in [0.1, 0.15) is 0 Å². The van der Waals surface area contributed by atoms with Crippen molar-refractivity contribution in [1.82, 2.24) is 0 Å². The smallest absolute Gasteiger partial charge is 0.358 e. The van der Waals surface area contributed by atoms with Crippen LogP contribution in [-0.2, 0) is 26.2 Å². The first-order chi connectivity index (χ1) is 17.0. The zero-order chi connectivity index (χ0) is 24.2. The van der Waals surface area contributed by atoms with E-state index in [1.807, 2.05) is 0 Å². The average molecular weight is 588 g/mol. The zero-order valence-corrected chi connectivity index (χ0v) is 26.9. The molecule has 0 radical (unpaired) electrons. The topological polar surface area (TPSA) is 0 Å². The third-order valence-corrected chi connectivity index (χ3v) is 11.4. The van der Waals surface area contributed by atoms with Crippen molar-refractivity contribution in [2.45, 2.75) is 26.9 Å². The van der Waals surface area contributed by atoms with Crippen LogP contribution in [0.15, 0.2) is 109 Å². The summed E-state index contributed by atoms with van der Waals surface area (Å²) in [5.41, 5.74) is 8.14. The predicted octanol–water partition coefficient (Wildman–Crippen LogP) is 9.10. The molecule has 0 nitrogen and oxygen atoms in total. The Labute approximate surface area is 249 Å². The number of aryl methyl sites for hydroxylation is 2. The molecule has 0 bridgehead atoms. The van der Waals surface area contributed by atoms with Gasteiger partial charge in [-0.25, -0.2) is 0 Å². The molecular weight excluding hydrogens is 552 g/mol. The van der Waals surface area contributed by atoms with Crippen LogP contribution in [0.25, 0.3) is 43.8 Å². The Balaban J connectivity index is 0.00000133. The van der Waals surface area contributed by atoms with E-state index in [1.165, 1.54) is 54.9 Å². The Morgan fingerprint density at radius 2 is 0.868 bits per heavy atom. The summed E-state index contributed by atoms with van der Waals surface area (Å²) in [6, 6.07) is 40.2. The summed E-state index contributed by atoms with van der Waals surface area (Å²) in [6.45, 7) is 9.75. The van der Waals surface area contributed by atoms with E-state index in [2.05, 4.69) is 136 Å². The largest absolute Gasteiger partial charge is 4.00 e. The van der Waals surface area contributed by atoms with E-state index < -0.39 is 8.07 Å². The van der Waals surface area contributed by atoms with Crippen LogP contribution in [0.2, 0.25) is 13.1 Å². The molecule has 0 atom stereocenters. The molecule has 188 valence electrons. The van der Waals surface area contributed by atoms with Crippen molar-refractivity contribution in [2.24, 2.45) is 0 Å². The minimum Gasteiger partial charge on any atom is -0.358 e. The monoisotopic (exact) mass is 586 g/mol. The first-order valence-electron chi connectivity index (χ1n) is 12.5. The van der Waals surface area contributed by atoms with E-state index in [-0.39, 0.29) is 41.1 Å². The number of rotatable bonds is 4. The standard InChI is InChI=1S/C34H30Si.2CH3.Zr/c1-23-21-27-17-11-19-29(25-13-7-5-8-14-25)31(27)33(23)35(3,4)34-24(2)22-28-18-12-20-30(32(28)34)26-15-9-6-10-16-26;;;/h5-22H,1-4H3;2*1H3;/q-2;2*-1;+4. The average Bonchev–Trinajstić information content (AvgIpc) is 3.41. The number of benzene rings is 4. The van der Waals surface area contributed by atoms with Crippen LogP contribution in [0.1, 0.15) is 11.1 Å². The van der Waals surface area contributed by atoms with Gasteiger partial charge in [0.25, 0.3) is 0 Å². The molecule has 0 aliphatic rings. The minimum absolute atomic E-state index is 0. The number of hydrogen-bond donors (Lipinski definition) is 0. The molecule has 0 saturated carbocycles. The van der Waals surface area contributed by atoms with Crippen molar-refractivity contribution >= 4 is 40.0 Å². The van der Waals surface area contributed by atoms with E-state index in [1.54, 1.807) is 10.4 Å². The van der Waals surface area contributed by atoms with Crippen molar-refractivity contribution in [2.75, 3.05) is 0 Å². The molecule has 2 heteroatoms. The maximum Gasteiger partial charge on any atom is 4.00 e. The molecule has 0 unspecified atom stereocenters. The number of fused-ring (bicyclic) bond motifs is 2. The third kappa shape index (κ3) is 4.74. The maximum absolute atomic E-state index is 2.56. The van der Waals surface area contributed by atoms with Gasteiger partial charge in [-0.15, -0.1) is 69.1 Å². The number of hydrogen-bond acceptors (Lipinski definition) is 0. The molecule has 0 aromatic heterocycles. The third-order valence-electron chi connectivity index (χ3n) is 7.65. The summed E-state index contributed by atoms with van der Waals surface area (Å²) in [4.78, 5) is 0. The molecule has 0 aliphatic carbocycles. The van der Waals surface area contributed by atoms with Gasteiger partial charge in [-0.1, -0.05) is 111 Å². The van der Waals surface area contributed by atoms with Gasteiger partial charge in [-0.05, 0) is 11.1 Å². The van der Waals surface area contributed by atoms with Crippen LogP contribution in [0.4, 0.5) is 0 Å². The Morgan fingerprint density at radius 3 is 1.24 bits per heavy atom. The van der Waals surface area contributed by atoms with Gasteiger partial charge in [0.2, 0.25) is 0 Å². The first kappa shape index (κ1) is 29.8. The van der Waals surface area contributed by atoms with Crippen molar-refractivity contribution in [3.63, 3.8) is 0 Å². The van der Waals surface area contributed by atoms with Crippen LogP contribution >= 0.6 is 0 Å². The molecule has 0 heterocycles. The Kier molecular flexibility index (Phi) is 9.02. The normalized spacial score (nSPS) is 11.1. The van der Waals surface area contributed by atoms with Gasteiger partial charge in [-0.3, -0.25) is 0 Å². The van der Waals surface area contributed by atoms with Gasteiger partial charge in [-0.2, -0.15) is 10.4 Å². The molecule has 6 rings (SSSR count).